The number of piperidine rings is 1. The number of ether oxygens (including phenoxy) is 2. The first-order valence-electron chi connectivity index (χ1n) is 11.0. The Morgan fingerprint density at radius 2 is 1.66 bits per heavy atom. The van der Waals surface area contributed by atoms with Crippen LogP contribution in [0.3, 0.4) is 0 Å². The molecule has 3 amide bonds. The van der Waals surface area contributed by atoms with Gasteiger partial charge in [-0.2, -0.15) is 0 Å². The van der Waals surface area contributed by atoms with Gasteiger partial charge in [-0.1, -0.05) is 18.2 Å². The molecule has 4 rings (SSSR count). The van der Waals surface area contributed by atoms with Gasteiger partial charge in [-0.05, 0) is 56.2 Å². The predicted molar refractivity (Wildman–Crippen MR) is 126 cm³/mol. The average Bonchev–Trinajstić information content (AvgIpc) is 3.23. The maximum Gasteiger partial charge on any atom is 0.321 e. The van der Waals surface area contributed by atoms with Crippen molar-refractivity contribution >= 4 is 29.4 Å². The van der Waals surface area contributed by atoms with Crippen molar-refractivity contribution in [3.8, 4) is 11.5 Å². The number of hydrogen-bond donors (Lipinski definition) is 1. The molecule has 0 saturated carbocycles. The van der Waals surface area contributed by atoms with Crippen LogP contribution in [0.4, 0.5) is 10.5 Å². The Balaban J connectivity index is 1.30. The van der Waals surface area contributed by atoms with Crippen molar-refractivity contribution in [2.75, 3.05) is 43.9 Å². The van der Waals surface area contributed by atoms with E-state index in [4.69, 9.17) is 9.47 Å². The van der Waals surface area contributed by atoms with E-state index in [0.29, 0.717) is 25.4 Å². The monoisotopic (exact) mass is 455 g/mol. The lowest BCUT2D eigenvalue weighted by Crippen LogP contribution is -2.55. The average molecular weight is 456 g/mol. The largest absolute Gasteiger partial charge is 0.494 e. The fourth-order valence-corrected chi connectivity index (χ4v) is 5.65. The standard InChI is InChI=1S/C24H29N3O4S/c1-2-30-21-10-8-19(9-11-21)25-23(29)26-14-12-24(13-15-26)27(16-17-32-24)22(28)18-31-20-6-4-3-5-7-20/h3-11H,2,12-18H2,1H3,(H,25,29). The third-order valence-electron chi connectivity index (χ3n) is 5.83. The highest BCUT2D eigenvalue weighted by atomic mass is 32.2. The van der Waals surface area contributed by atoms with E-state index in [-0.39, 0.29) is 23.4 Å². The van der Waals surface area contributed by atoms with Gasteiger partial charge in [0, 0.05) is 31.1 Å². The molecule has 0 unspecified atom stereocenters. The summed E-state index contributed by atoms with van der Waals surface area (Å²) in [5.41, 5.74) is 0.740. The summed E-state index contributed by atoms with van der Waals surface area (Å²) in [6.07, 6.45) is 1.51. The maximum absolute atomic E-state index is 12.9. The molecule has 7 nitrogen and oxygen atoms in total. The fourth-order valence-electron chi connectivity index (χ4n) is 4.18. The zero-order valence-corrected chi connectivity index (χ0v) is 19.1. The van der Waals surface area contributed by atoms with Crippen molar-refractivity contribution in [1.29, 1.82) is 0 Å². The number of anilines is 1. The van der Waals surface area contributed by atoms with Gasteiger partial charge in [0.2, 0.25) is 0 Å². The van der Waals surface area contributed by atoms with Crippen LogP contribution in [-0.4, -0.2) is 65.2 Å². The van der Waals surface area contributed by atoms with Crippen molar-refractivity contribution in [3.05, 3.63) is 54.6 Å². The number of urea groups is 1. The lowest BCUT2D eigenvalue weighted by Gasteiger charge is -2.43. The summed E-state index contributed by atoms with van der Waals surface area (Å²) in [5, 5.41) is 2.96. The summed E-state index contributed by atoms with van der Waals surface area (Å²) in [4.78, 5) is 29.2. The molecule has 170 valence electrons. The van der Waals surface area contributed by atoms with Crippen LogP contribution in [-0.2, 0) is 4.79 Å². The Kier molecular flexibility index (Phi) is 7.09. The molecule has 32 heavy (non-hydrogen) atoms. The smallest absolute Gasteiger partial charge is 0.321 e. The van der Waals surface area contributed by atoms with Crippen molar-refractivity contribution in [2.24, 2.45) is 0 Å². The van der Waals surface area contributed by atoms with Gasteiger partial charge in [-0.25, -0.2) is 4.79 Å². The lowest BCUT2D eigenvalue weighted by molar-refractivity contribution is -0.136. The molecule has 2 fully saturated rings. The first-order valence-corrected chi connectivity index (χ1v) is 12.0. The Labute approximate surface area is 193 Å². The first-order chi connectivity index (χ1) is 15.6. The van der Waals surface area contributed by atoms with Crippen LogP contribution in [0, 0.1) is 0 Å². The molecule has 2 aliphatic rings. The number of benzene rings is 2. The highest BCUT2D eigenvalue weighted by molar-refractivity contribution is 8.00. The molecule has 1 N–H and O–H groups in total. The third kappa shape index (κ3) is 5.12. The number of carbonyl (C=O) groups is 2. The van der Waals surface area contributed by atoms with Crippen LogP contribution in [0.1, 0.15) is 19.8 Å². The molecule has 0 atom stereocenters. The van der Waals surface area contributed by atoms with E-state index in [1.165, 1.54) is 0 Å². The van der Waals surface area contributed by atoms with E-state index in [1.54, 1.807) is 0 Å². The summed E-state index contributed by atoms with van der Waals surface area (Å²) < 4.78 is 11.1. The minimum absolute atomic E-state index is 0.00569. The summed E-state index contributed by atoms with van der Waals surface area (Å²) >= 11 is 1.82. The Hall–Kier alpha value is -2.87. The van der Waals surface area contributed by atoms with E-state index in [1.807, 2.05) is 83.1 Å². The molecule has 2 aromatic carbocycles. The molecule has 0 aliphatic carbocycles. The van der Waals surface area contributed by atoms with Gasteiger partial charge in [0.25, 0.3) is 5.91 Å². The van der Waals surface area contributed by atoms with Crippen LogP contribution < -0.4 is 14.8 Å². The second-order valence-electron chi connectivity index (χ2n) is 7.82. The molecule has 0 bridgehead atoms. The van der Waals surface area contributed by atoms with Crippen LogP contribution in [0.2, 0.25) is 0 Å². The number of nitrogens with zero attached hydrogens (tertiary/aromatic N) is 2. The molecule has 2 saturated heterocycles. The number of carbonyl (C=O) groups excluding carboxylic acids is 2. The van der Waals surface area contributed by atoms with Gasteiger partial charge < -0.3 is 24.6 Å². The van der Waals surface area contributed by atoms with Gasteiger partial charge in [0.05, 0.1) is 11.5 Å². The number of amides is 3. The van der Waals surface area contributed by atoms with E-state index in [9.17, 15) is 9.59 Å². The van der Waals surface area contributed by atoms with E-state index in [0.717, 1.165) is 36.6 Å². The van der Waals surface area contributed by atoms with Crippen molar-refractivity contribution in [1.82, 2.24) is 9.80 Å². The van der Waals surface area contributed by atoms with Gasteiger partial charge in [-0.15, -0.1) is 11.8 Å². The number of rotatable bonds is 6. The summed E-state index contributed by atoms with van der Waals surface area (Å²) in [6.45, 7) is 4.52. The van der Waals surface area contributed by atoms with Gasteiger partial charge in [0.15, 0.2) is 6.61 Å². The lowest BCUT2D eigenvalue weighted by atomic mass is 10.0. The van der Waals surface area contributed by atoms with E-state index in [2.05, 4.69) is 5.32 Å². The second-order valence-corrected chi connectivity index (χ2v) is 9.27. The van der Waals surface area contributed by atoms with Gasteiger partial charge >= 0.3 is 6.03 Å². The van der Waals surface area contributed by atoms with Gasteiger partial charge in [-0.3, -0.25) is 4.79 Å². The number of para-hydroxylation sites is 1. The van der Waals surface area contributed by atoms with Crippen molar-refractivity contribution in [3.63, 3.8) is 0 Å². The van der Waals surface area contributed by atoms with Crippen LogP contribution in [0.25, 0.3) is 0 Å². The maximum atomic E-state index is 12.9. The summed E-state index contributed by atoms with van der Waals surface area (Å²) in [7, 11) is 0. The Morgan fingerprint density at radius 3 is 2.34 bits per heavy atom. The first kappa shape index (κ1) is 22.3. The molecule has 0 aromatic heterocycles. The van der Waals surface area contributed by atoms with Crippen LogP contribution in [0.15, 0.2) is 54.6 Å². The normalized spacial score (nSPS) is 17.3. The summed E-state index contributed by atoms with van der Waals surface area (Å²) in [6, 6.07) is 16.7. The molecule has 8 heteroatoms. The molecule has 1 spiro atoms. The number of nitrogens with one attached hydrogen (secondary N) is 1. The van der Waals surface area contributed by atoms with E-state index < -0.39 is 0 Å². The summed E-state index contributed by atoms with van der Waals surface area (Å²) in [5.74, 6) is 2.40. The number of hydrogen-bond acceptors (Lipinski definition) is 5. The van der Waals surface area contributed by atoms with Gasteiger partial charge in [0.1, 0.15) is 11.5 Å². The quantitative estimate of drug-likeness (QED) is 0.711. The third-order valence-corrected chi connectivity index (χ3v) is 7.39. The fraction of sp³-hybridized carbons (Fsp3) is 0.417. The Bertz CT molecular complexity index is 915. The highest BCUT2D eigenvalue weighted by Crippen LogP contribution is 2.44. The molecule has 2 aliphatic heterocycles. The van der Waals surface area contributed by atoms with Crippen molar-refractivity contribution in [2.45, 2.75) is 24.6 Å². The van der Waals surface area contributed by atoms with Crippen LogP contribution >= 0.6 is 11.8 Å². The molecular formula is C24H29N3O4S. The molecule has 2 aromatic rings. The SMILES string of the molecule is CCOc1ccc(NC(=O)N2CCC3(CC2)SCCN3C(=O)COc2ccccc2)cc1. The molecule has 0 radical (unpaired) electrons. The van der Waals surface area contributed by atoms with Crippen molar-refractivity contribution < 1.29 is 19.1 Å². The second kappa shape index (κ2) is 10.2. The number of likely N-dealkylation sites (tertiary alicyclic amines) is 1. The minimum atomic E-state index is -0.243. The predicted octanol–water partition coefficient (Wildman–Crippen LogP) is 4.06. The van der Waals surface area contributed by atoms with E-state index >= 15 is 0 Å². The number of thioether (sulfide) groups is 1. The molecule has 2 heterocycles. The Morgan fingerprint density at radius 1 is 0.969 bits per heavy atom. The topological polar surface area (TPSA) is 71.1 Å². The van der Waals surface area contributed by atoms with Crippen LogP contribution in [0.5, 0.6) is 11.5 Å². The molecular weight excluding hydrogens is 426 g/mol. The zero-order valence-electron chi connectivity index (χ0n) is 18.3. The minimum Gasteiger partial charge on any atom is -0.494 e. The highest BCUT2D eigenvalue weighted by Gasteiger charge is 2.46. The zero-order chi connectivity index (χ0) is 22.4.